The summed E-state index contributed by atoms with van der Waals surface area (Å²) in [6.07, 6.45) is -3.40. The number of nitrogens with one attached hydrogen (secondary N) is 1. The summed E-state index contributed by atoms with van der Waals surface area (Å²) in [6.45, 7) is 0.343. The molecular weight excluding hydrogens is 385 g/mol. The Balaban J connectivity index is 1.74. The van der Waals surface area contributed by atoms with Crippen LogP contribution in [0.25, 0.3) is 0 Å². The second-order valence-corrected chi connectivity index (χ2v) is 6.79. The average molecular weight is 406 g/mol. The van der Waals surface area contributed by atoms with Crippen molar-refractivity contribution in [3.05, 3.63) is 65.7 Å². The maximum Gasteiger partial charge on any atom is 0.416 e. The fourth-order valence-electron chi connectivity index (χ4n) is 3.19. The number of carbonyl (C=O) groups is 2. The Labute approximate surface area is 166 Å². The molecule has 1 aliphatic rings. The molecule has 1 atom stereocenters. The number of para-hydroxylation sites is 1. The van der Waals surface area contributed by atoms with Crippen molar-refractivity contribution in [3.63, 3.8) is 0 Å². The van der Waals surface area contributed by atoms with E-state index in [1.807, 2.05) is 6.07 Å². The van der Waals surface area contributed by atoms with E-state index < -0.39 is 23.7 Å². The van der Waals surface area contributed by atoms with Gasteiger partial charge in [0.05, 0.1) is 11.6 Å². The van der Waals surface area contributed by atoms with Crippen LogP contribution in [0.1, 0.15) is 30.0 Å². The summed E-state index contributed by atoms with van der Waals surface area (Å²) in [4.78, 5) is 25.9. The Bertz CT molecular complexity index is 856. The summed E-state index contributed by atoms with van der Waals surface area (Å²) < 4.78 is 44.7. The first-order valence-corrected chi connectivity index (χ1v) is 9.25. The number of hydrogen-bond acceptors (Lipinski definition) is 3. The van der Waals surface area contributed by atoms with Crippen LogP contribution in [0.15, 0.2) is 54.6 Å². The van der Waals surface area contributed by atoms with Crippen LogP contribution in [0.5, 0.6) is 5.75 Å². The molecule has 5 nitrogen and oxygen atoms in total. The highest BCUT2D eigenvalue weighted by Gasteiger charge is 2.32. The first kappa shape index (κ1) is 20.7. The van der Waals surface area contributed by atoms with Crippen LogP contribution in [0.2, 0.25) is 0 Å². The van der Waals surface area contributed by atoms with Crippen molar-refractivity contribution >= 4 is 11.8 Å². The Morgan fingerprint density at radius 2 is 1.90 bits per heavy atom. The predicted molar refractivity (Wildman–Crippen MR) is 100 cm³/mol. The van der Waals surface area contributed by atoms with E-state index >= 15 is 0 Å². The largest absolute Gasteiger partial charge is 0.484 e. The summed E-state index contributed by atoms with van der Waals surface area (Å²) in [6, 6.07) is 12.7. The lowest BCUT2D eigenvalue weighted by Crippen LogP contribution is -2.40. The zero-order valence-electron chi connectivity index (χ0n) is 15.6. The minimum absolute atomic E-state index is 0.0724. The number of nitrogens with zero attached hydrogens (tertiary/aromatic N) is 1. The average Bonchev–Trinajstić information content (AvgIpc) is 3.11. The van der Waals surface area contributed by atoms with Gasteiger partial charge in [0.25, 0.3) is 5.91 Å². The summed E-state index contributed by atoms with van der Waals surface area (Å²) in [5.41, 5.74) is -0.518. The Morgan fingerprint density at radius 3 is 2.55 bits per heavy atom. The Kier molecular flexibility index (Phi) is 6.41. The zero-order valence-corrected chi connectivity index (χ0v) is 15.6. The van der Waals surface area contributed by atoms with Crippen LogP contribution in [-0.4, -0.2) is 36.4 Å². The van der Waals surface area contributed by atoms with Crippen LogP contribution in [0.4, 0.5) is 13.2 Å². The van der Waals surface area contributed by atoms with Crippen molar-refractivity contribution in [2.24, 2.45) is 0 Å². The number of ether oxygens (including phenoxy) is 1. The van der Waals surface area contributed by atoms with Crippen LogP contribution < -0.4 is 10.1 Å². The third-order valence-electron chi connectivity index (χ3n) is 4.64. The molecule has 1 unspecified atom stereocenters. The van der Waals surface area contributed by atoms with E-state index in [4.69, 9.17) is 4.74 Å². The van der Waals surface area contributed by atoms with Crippen LogP contribution >= 0.6 is 0 Å². The van der Waals surface area contributed by atoms with Crippen LogP contribution in [0, 0.1) is 0 Å². The number of amides is 2. The third kappa shape index (κ3) is 5.73. The van der Waals surface area contributed by atoms with E-state index in [0.717, 1.165) is 12.1 Å². The van der Waals surface area contributed by atoms with Crippen LogP contribution in [-0.2, 0) is 15.8 Å². The first-order valence-electron chi connectivity index (χ1n) is 9.25. The molecule has 29 heavy (non-hydrogen) atoms. The fraction of sp³-hybridized carbons (Fsp3) is 0.333. The molecule has 2 aromatic carbocycles. The fourth-order valence-corrected chi connectivity index (χ4v) is 3.19. The van der Waals surface area contributed by atoms with Crippen molar-refractivity contribution in [2.75, 3.05) is 19.7 Å². The van der Waals surface area contributed by atoms with E-state index in [1.54, 1.807) is 29.2 Å². The molecule has 1 aliphatic heterocycles. The molecule has 2 aromatic rings. The Hall–Kier alpha value is -3.03. The van der Waals surface area contributed by atoms with Crippen molar-refractivity contribution in [1.29, 1.82) is 0 Å². The standard InChI is InChI=1S/C21H21F3N2O3/c22-21(23,24)16-7-4-6-15(12-16)18(13-26-11-5-10-20(26)28)25-19(27)14-29-17-8-2-1-3-9-17/h1-4,6-9,12,18H,5,10-11,13-14H2,(H,25,27). The highest BCUT2D eigenvalue weighted by atomic mass is 19.4. The van der Waals surface area contributed by atoms with Gasteiger partial charge in [-0.15, -0.1) is 0 Å². The number of rotatable bonds is 7. The van der Waals surface area contributed by atoms with Gasteiger partial charge in [-0.2, -0.15) is 13.2 Å². The van der Waals surface area contributed by atoms with Gasteiger partial charge in [0, 0.05) is 19.5 Å². The number of carbonyl (C=O) groups excluding carboxylic acids is 2. The second-order valence-electron chi connectivity index (χ2n) is 6.79. The van der Waals surface area contributed by atoms with Crippen molar-refractivity contribution in [3.8, 4) is 5.75 Å². The van der Waals surface area contributed by atoms with Crippen molar-refractivity contribution < 1.29 is 27.5 Å². The molecule has 1 N–H and O–H groups in total. The maximum atomic E-state index is 13.1. The van der Waals surface area contributed by atoms with Gasteiger partial charge in [0.15, 0.2) is 6.61 Å². The number of hydrogen-bond donors (Lipinski definition) is 1. The molecule has 2 amide bonds. The molecule has 0 saturated carbocycles. The molecule has 0 aromatic heterocycles. The molecule has 0 radical (unpaired) electrons. The predicted octanol–water partition coefficient (Wildman–Crippen LogP) is 3.56. The van der Waals surface area contributed by atoms with E-state index in [-0.39, 0.29) is 24.6 Å². The van der Waals surface area contributed by atoms with E-state index in [9.17, 15) is 22.8 Å². The smallest absolute Gasteiger partial charge is 0.416 e. The topological polar surface area (TPSA) is 58.6 Å². The van der Waals surface area contributed by atoms with Crippen molar-refractivity contribution in [2.45, 2.75) is 25.1 Å². The number of alkyl halides is 3. The van der Waals surface area contributed by atoms with Gasteiger partial charge < -0.3 is 15.0 Å². The summed E-state index contributed by atoms with van der Waals surface area (Å²) in [7, 11) is 0. The van der Waals surface area contributed by atoms with E-state index in [1.165, 1.54) is 12.1 Å². The molecule has 0 bridgehead atoms. The van der Waals surface area contributed by atoms with Crippen molar-refractivity contribution in [1.82, 2.24) is 10.2 Å². The highest BCUT2D eigenvalue weighted by molar-refractivity contribution is 5.79. The van der Waals surface area contributed by atoms with Gasteiger partial charge in [-0.3, -0.25) is 9.59 Å². The number of likely N-dealkylation sites (tertiary alicyclic amines) is 1. The molecule has 0 spiro atoms. The van der Waals surface area contributed by atoms with Gasteiger partial charge in [0.1, 0.15) is 5.75 Å². The number of halogens is 3. The lowest BCUT2D eigenvalue weighted by atomic mass is 10.0. The highest BCUT2D eigenvalue weighted by Crippen LogP contribution is 2.31. The van der Waals surface area contributed by atoms with Gasteiger partial charge in [0.2, 0.25) is 5.91 Å². The molecule has 8 heteroatoms. The summed E-state index contributed by atoms with van der Waals surface area (Å²) in [5, 5.41) is 2.70. The lowest BCUT2D eigenvalue weighted by Gasteiger charge is -2.26. The zero-order chi connectivity index (χ0) is 20.9. The molecule has 1 saturated heterocycles. The molecule has 0 aliphatic carbocycles. The molecule has 1 heterocycles. The van der Waals surface area contributed by atoms with E-state index in [0.29, 0.717) is 25.1 Å². The quantitative estimate of drug-likeness (QED) is 0.765. The molecule has 154 valence electrons. The van der Waals surface area contributed by atoms with Gasteiger partial charge >= 0.3 is 6.18 Å². The monoisotopic (exact) mass is 406 g/mol. The first-order chi connectivity index (χ1) is 13.8. The molecule has 3 rings (SSSR count). The van der Waals surface area contributed by atoms with Crippen LogP contribution in [0.3, 0.4) is 0 Å². The minimum Gasteiger partial charge on any atom is -0.484 e. The SMILES string of the molecule is O=C(COc1ccccc1)NC(CN1CCCC1=O)c1cccc(C(F)(F)F)c1. The maximum absolute atomic E-state index is 13.1. The third-order valence-corrected chi connectivity index (χ3v) is 4.64. The normalized spacial score (nSPS) is 15.3. The minimum atomic E-state index is -4.50. The lowest BCUT2D eigenvalue weighted by molar-refractivity contribution is -0.137. The molecular formula is C21H21F3N2O3. The van der Waals surface area contributed by atoms with E-state index in [2.05, 4.69) is 5.32 Å². The number of benzene rings is 2. The van der Waals surface area contributed by atoms with Gasteiger partial charge in [-0.05, 0) is 36.2 Å². The Morgan fingerprint density at radius 1 is 1.14 bits per heavy atom. The molecule has 1 fully saturated rings. The second kappa shape index (κ2) is 8.98. The summed E-state index contributed by atoms with van der Waals surface area (Å²) >= 11 is 0. The summed E-state index contributed by atoms with van der Waals surface area (Å²) in [5.74, 6) is -0.0485. The van der Waals surface area contributed by atoms with Gasteiger partial charge in [-0.1, -0.05) is 30.3 Å². The van der Waals surface area contributed by atoms with Gasteiger partial charge in [-0.25, -0.2) is 0 Å².